The van der Waals surface area contributed by atoms with Gasteiger partial charge < -0.3 is 5.73 Å². The summed E-state index contributed by atoms with van der Waals surface area (Å²) in [5, 5.41) is 0.564. The molecule has 0 aliphatic rings. The van der Waals surface area contributed by atoms with E-state index in [0.717, 1.165) is 3.79 Å². The molecule has 0 fully saturated rings. The summed E-state index contributed by atoms with van der Waals surface area (Å²) in [5.41, 5.74) is 6.22. The Kier molecular flexibility index (Phi) is 4.44. The molecule has 2 rings (SSSR count). The molecule has 0 bridgehead atoms. The van der Waals surface area contributed by atoms with Crippen molar-refractivity contribution < 1.29 is 8.42 Å². The summed E-state index contributed by atoms with van der Waals surface area (Å²) >= 11 is 4.66. The normalized spacial score (nSPS) is 12.6. The van der Waals surface area contributed by atoms with Gasteiger partial charge in [-0.05, 0) is 48.8 Å². The van der Waals surface area contributed by atoms with E-state index in [1.165, 1.54) is 17.4 Å². The first kappa shape index (κ1) is 16.4. The number of hydrogen-bond acceptors (Lipinski definition) is 5. The average Bonchev–Trinajstić information content (AvgIpc) is 2.72. The fraction of sp³-hybridized carbons (Fsp3) is 0.308. The average molecular weight is 390 g/mol. The number of sulfonamides is 1. The minimum atomic E-state index is -3.69. The van der Waals surface area contributed by atoms with Crippen molar-refractivity contribution in [1.29, 1.82) is 0 Å². The number of benzene rings is 1. The van der Waals surface area contributed by atoms with E-state index in [1.807, 2.05) is 0 Å². The van der Waals surface area contributed by atoms with Crippen molar-refractivity contribution >= 4 is 43.0 Å². The molecule has 0 atom stereocenters. The van der Waals surface area contributed by atoms with E-state index >= 15 is 0 Å². The van der Waals surface area contributed by atoms with Crippen molar-refractivity contribution in [2.45, 2.75) is 31.2 Å². The number of aromatic nitrogens is 1. The number of nitrogens with two attached hydrogens (primary N) is 1. The number of nitrogens with zero attached hydrogens (tertiary/aromatic N) is 1. The van der Waals surface area contributed by atoms with Gasteiger partial charge in [-0.2, -0.15) is 0 Å². The lowest BCUT2D eigenvalue weighted by Crippen LogP contribution is -2.40. The summed E-state index contributed by atoms with van der Waals surface area (Å²) in [6, 6.07) is 4.83. The van der Waals surface area contributed by atoms with Gasteiger partial charge in [-0.15, -0.1) is 11.3 Å². The predicted octanol–water partition coefficient (Wildman–Crippen LogP) is 3.23. The zero-order valence-corrected chi connectivity index (χ0v) is 15.1. The molecule has 0 spiro atoms. The smallest absolute Gasteiger partial charge is 0.241 e. The van der Waals surface area contributed by atoms with Gasteiger partial charge in [0.2, 0.25) is 10.0 Å². The van der Waals surface area contributed by atoms with Crippen LogP contribution in [0.25, 0.3) is 10.6 Å². The molecule has 3 N–H and O–H groups in total. The van der Waals surface area contributed by atoms with E-state index in [0.29, 0.717) is 16.3 Å². The Bertz CT molecular complexity index is 764. The van der Waals surface area contributed by atoms with Crippen molar-refractivity contribution in [2.24, 2.45) is 0 Å². The number of hydrogen-bond donors (Lipinski definition) is 2. The molecule has 1 aromatic carbocycles. The van der Waals surface area contributed by atoms with Crippen LogP contribution >= 0.6 is 27.3 Å². The van der Waals surface area contributed by atoms with Crippen LogP contribution in [-0.2, 0) is 10.0 Å². The Hall–Kier alpha value is -0.960. The van der Waals surface area contributed by atoms with Crippen LogP contribution in [0.5, 0.6) is 0 Å². The number of nitrogen functional groups attached to an aromatic ring is 1. The molecule has 1 aromatic heterocycles. The van der Waals surface area contributed by atoms with Crippen molar-refractivity contribution in [2.75, 3.05) is 5.73 Å². The SMILES string of the molecule is CC(C)(C)NS(=O)(=O)c1cccc(N)c1-c1ncc(Br)s1. The maximum atomic E-state index is 12.6. The first-order valence-electron chi connectivity index (χ1n) is 6.14. The first-order chi connectivity index (χ1) is 9.60. The Morgan fingerprint density at radius 1 is 1.33 bits per heavy atom. The lowest BCUT2D eigenvalue weighted by molar-refractivity contribution is 0.491. The Morgan fingerprint density at radius 2 is 2.00 bits per heavy atom. The van der Waals surface area contributed by atoms with E-state index in [2.05, 4.69) is 25.6 Å². The minimum Gasteiger partial charge on any atom is -0.398 e. The van der Waals surface area contributed by atoms with Gasteiger partial charge in [0.05, 0.1) is 20.4 Å². The summed E-state index contributed by atoms with van der Waals surface area (Å²) in [7, 11) is -3.69. The zero-order valence-electron chi connectivity index (χ0n) is 11.8. The molecule has 5 nitrogen and oxygen atoms in total. The summed E-state index contributed by atoms with van der Waals surface area (Å²) in [5.74, 6) is 0. The quantitative estimate of drug-likeness (QED) is 0.788. The van der Waals surface area contributed by atoms with Gasteiger partial charge in [0.15, 0.2) is 0 Å². The van der Waals surface area contributed by atoms with Crippen LogP contribution in [0.1, 0.15) is 20.8 Å². The molecule has 21 heavy (non-hydrogen) atoms. The summed E-state index contributed by atoms with van der Waals surface area (Å²) < 4.78 is 28.6. The monoisotopic (exact) mass is 389 g/mol. The van der Waals surface area contributed by atoms with Gasteiger partial charge in [0, 0.05) is 11.2 Å². The molecule has 0 radical (unpaired) electrons. The van der Waals surface area contributed by atoms with Crippen LogP contribution in [-0.4, -0.2) is 18.9 Å². The van der Waals surface area contributed by atoms with Crippen LogP contribution in [0, 0.1) is 0 Å². The maximum Gasteiger partial charge on any atom is 0.241 e. The van der Waals surface area contributed by atoms with Crippen LogP contribution in [0.15, 0.2) is 33.1 Å². The Balaban J connectivity index is 2.63. The van der Waals surface area contributed by atoms with E-state index in [-0.39, 0.29) is 4.90 Å². The second-order valence-electron chi connectivity index (χ2n) is 5.55. The summed E-state index contributed by atoms with van der Waals surface area (Å²) in [6.45, 7) is 5.36. The molecule has 0 aliphatic carbocycles. The highest BCUT2D eigenvalue weighted by Crippen LogP contribution is 2.36. The Morgan fingerprint density at radius 3 is 2.52 bits per heavy atom. The molecular formula is C13H16BrN3O2S2. The second kappa shape index (κ2) is 5.68. The zero-order chi connectivity index (χ0) is 15.8. The van der Waals surface area contributed by atoms with E-state index in [1.54, 1.807) is 39.1 Å². The molecule has 1 heterocycles. The number of anilines is 1. The fourth-order valence-electron chi connectivity index (χ4n) is 1.83. The minimum absolute atomic E-state index is 0.138. The van der Waals surface area contributed by atoms with Gasteiger partial charge in [-0.3, -0.25) is 0 Å². The third-order valence-electron chi connectivity index (χ3n) is 2.48. The Labute approximate surface area is 136 Å². The van der Waals surface area contributed by atoms with Crippen molar-refractivity contribution in [3.63, 3.8) is 0 Å². The molecule has 2 aromatic rings. The number of rotatable bonds is 3. The lowest BCUT2D eigenvalue weighted by atomic mass is 10.1. The second-order valence-corrected chi connectivity index (χ2v) is 9.61. The highest BCUT2D eigenvalue weighted by atomic mass is 79.9. The van der Waals surface area contributed by atoms with Gasteiger partial charge in [0.25, 0.3) is 0 Å². The van der Waals surface area contributed by atoms with Crippen LogP contribution in [0.2, 0.25) is 0 Å². The van der Waals surface area contributed by atoms with Crippen LogP contribution in [0.3, 0.4) is 0 Å². The highest BCUT2D eigenvalue weighted by molar-refractivity contribution is 9.11. The van der Waals surface area contributed by atoms with Crippen molar-refractivity contribution in [3.8, 4) is 10.6 Å². The van der Waals surface area contributed by atoms with Gasteiger partial charge in [-0.1, -0.05) is 6.07 Å². The van der Waals surface area contributed by atoms with Crippen LogP contribution in [0.4, 0.5) is 5.69 Å². The first-order valence-corrected chi connectivity index (χ1v) is 9.23. The number of nitrogens with one attached hydrogen (secondary N) is 1. The molecule has 8 heteroatoms. The highest BCUT2D eigenvalue weighted by Gasteiger charge is 2.27. The van der Waals surface area contributed by atoms with E-state index in [9.17, 15) is 8.42 Å². The standard InChI is InChI=1S/C13H16BrN3O2S2/c1-13(2,3)17-21(18,19)9-6-4-5-8(15)11(9)12-16-7-10(14)20-12/h4-7,17H,15H2,1-3H3. The molecule has 0 amide bonds. The third kappa shape index (κ3) is 3.82. The van der Waals surface area contributed by atoms with Gasteiger partial charge in [0.1, 0.15) is 5.01 Å². The van der Waals surface area contributed by atoms with E-state index in [4.69, 9.17) is 5.73 Å². The number of thiazole rings is 1. The van der Waals surface area contributed by atoms with Gasteiger partial charge in [-0.25, -0.2) is 18.1 Å². The summed E-state index contributed by atoms with van der Waals surface area (Å²) in [4.78, 5) is 4.36. The van der Waals surface area contributed by atoms with Crippen molar-refractivity contribution in [1.82, 2.24) is 9.71 Å². The van der Waals surface area contributed by atoms with Crippen LogP contribution < -0.4 is 10.5 Å². The molecule has 0 aliphatic heterocycles. The molecular weight excluding hydrogens is 374 g/mol. The van der Waals surface area contributed by atoms with Crippen molar-refractivity contribution in [3.05, 3.63) is 28.2 Å². The maximum absolute atomic E-state index is 12.6. The predicted molar refractivity (Wildman–Crippen MR) is 89.7 cm³/mol. The molecule has 0 unspecified atom stereocenters. The molecule has 0 saturated heterocycles. The largest absolute Gasteiger partial charge is 0.398 e. The third-order valence-corrected chi connectivity index (χ3v) is 5.77. The van der Waals surface area contributed by atoms with Gasteiger partial charge >= 0.3 is 0 Å². The molecule has 0 saturated carbocycles. The number of halogens is 1. The topological polar surface area (TPSA) is 85.1 Å². The van der Waals surface area contributed by atoms with E-state index < -0.39 is 15.6 Å². The fourth-order valence-corrected chi connectivity index (χ4v) is 4.84. The molecule has 114 valence electrons. The summed E-state index contributed by atoms with van der Waals surface area (Å²) in [6.07, 6.45) is 1.63. The lowest BCUT2D eigenvalue weighted by Gasteiger charge is -2.21.